The molecule has 0 radical (unpaired) electrons. The van der Waals surface area contributed by atoms with Gasteiger partial charge >= 0.3 is 11.6 Å². The van der Waals surface area contributed by atoms with Crippen LogP contribution in [0.15, 0.2) is 51.7 Å². The lowest BCUT2D eigenvalue weighted by Gasteiger charge is -2.58. The molecule has 1 N–H and O–H groups in total. The summed E-state index contributed by atoms with van der Waals surface area (Å²) in [6.07, 6.45) is 4.88. The molecule has 5 nitrogen and oxygen atoms in total. The Morgan fingerprint density at radius 1 is 1.10 bits per heavy atom. The molecule has 4 aliphatic carbocycles. The van der Waals surface area contributed by atoms with Crippen LogP contribution in [0, 0.1) is 17.3 Å². The zero-order chi connectivity index (χ0) is 20.5. The number of carbonyl (C=O) groups excluding carboxylic acids is 1. The van der Waals surface area contributed by atoms with E-state index in [-0.39, 0.29) is 12.6 Å². The highest BCUT2D eigenvalue weighted by Gasteiger charge is 2.60. The van der Waals surface area contributed by atoms with Crippen LogP contribution in [0.4, 0.5) is 0 Å². The molecule has 4 bridgehead atoms. The standard InChI is InChI=1S/C25H24O5/c26-21-8-18(22-19-4-2-1-3-17(19)5-6-20(22)30-21)13-29-23(27)24-9-15-7-16(10-24)12-25(28,11-15)14-24/h1-6,8,15-16,28H,7,9-14H2/t15-,16+,24?,25?. The van der Waals surface area contributed by atoms with Gasteiger partial charge < -0.3 is 14.3 Å². The Hall–Kier alpha value is -2.66. The first-order chi connectivity index (χ1) is 14.4. The summed E-state index contributed by atoms with van der Waals surface area (Å²) in [5.41, 5.74) is -0.574. The third kappa shape index (κ3) is 2.72. The molecule has 4 atom stereocenters. The minimum atomic E-state index is -0.709. The molecule has 1 aromatic heterocycles. The molecule has 0 spiro atoms. The van der Waals surface area contributed by atoms with Crippen LogP contribution < -0.4 is 5.63 Å². The normalized spacial score (nSPS) is 32.0. The molecular weight excluding hydrogens is 380 g/mol. The van der Waals surface area contributed by atoms with Crippen LogP contribution >= 0.6 is 0 Å². The van der Waals surface area contributed by atoms with Crippen LogP contribution in [0.1, 0.15) is 44.1 Å². The van der Waals surface area contributed by atoms with E-state index in [9.17, 15) is 14.7 Å². The zero-order valence-electron chi connectivity index (χ0n) is 16.7. The second kappa shape index (κ2) is 6.17. The van der Waals surface area contributed by atoms with Crippen molar-refractivity contribution >= 4 is 27.7 Å². The molecule has 5 heteroatoms. The Kier molecular flexibility index (Phi) is 3.73. The van der Waals surface area contributed by atoms with Crippen molar-refractivity contribution < 1.29 is 19.1 Å². The second-order valence-corrected chi connectivity index (χ2v) is 9.79. The van der Waals surface area contributed by atoms with Crippen LogP contribution in [0.25, 0.3) is 21.7 Å². The number of fused-ring (bicyclic) bond motifs is 3. The molecule has 4 saturated carbocycles. The predicted octanol–water partition coefficient (Wildman–Crippen LogP) is 4.32. The third-order valence-corrected chi connectivity index (χ3v) is 7.54. The first kappa shape index (κ1) is 18.1. The lowest BCUT2D eigenvalue weighted by molar-refractivity contribution is -0.197. The fourth-order valence-corrected chi connectivity index (χ4v) is 6.88. The van der Waals surface area contributed by atoms with E-state index >= 15 is 0 Å². The monoisotopic (exact) mass is 404 g/mol. The van der Waals surface area contributed by atoms with Gasteiger partial charge in [0.25, 0.3) is 0 Å². The Bertz CT molecular complexity index is 1230. The van der Waals surface area contributed by atoms with Crippen molar-refractivity contribution in [2.75, 3.05) is 0 Å². The highest BCUT2D eigenvalue weighted by molar-refractivity contribution is 6.07. The van der Waals surface area contributed by atoms with Crippen molar-refractivity contribution in [1.29, 1.82) is 0 Å². The van der Waals surface area contributed by atoms with Crippen molar-refractivity contribution in [3.05, 3.63) is 58.4 Å². The van der Waals surface area contributed by atoms with Gasteiger partial charge in [0.2, 0.25) is 0 Å². The Morgan fingerprint density at radius 3 is 2.63 bits per heavy atom. The maximum atomic E-state index is 13.3. The number of esters is 1. The van der Waals surface area contributed by atoms with Crippen molar-refractivity contribution in [1.82, 2.24) is 0 Å². The van der Waals surface area contributed by atoms with Gasteiger partial charge in [-0.15, -0.1) is 0 Å². The first-order valence-electron chi connectivity index (χ1n) is 10.8. The third-order valence-electron chi connectivity index (χ3n) is 7.54. The largest absolute Gasteiger partial charge is 0.460 e. The summed E-state index contributed by atoms with van der Waals surface area (Å²) in [6.45, 7) is 0.0322. The molecule has 2 aromatic carbocycles. The van der Waals surface area contributed by atoms with Gasteiger partial charge in [-0.3, -0.25) is 4.79 Å². The van der Waals surface area contributed by atoms with Gasteiger partial charge in [-0.25, -0.2) is 4.79 Å². The molecule has 3 aromatic rings. The van der Waals surface area contributed by atoms with Gasteiger partial charge in [-0.2, -0.15) is 0 Å². The quantitative estimate of drug-likeness (QED) is 0.400. The highest BCUT2D eigenvalue weighted by Crippen LogP contribution is 2.62. The van der Waals surface area contributed by atoms with Crippen LogP contribution in [0.3, 0.4) is 0 Å². The van der Waals surface area contributed by atoms with E-state index in [1.54, 1.807) is 6.07 Å². The number of carbonyl (C=O) groups is 1. The summed E-state index contributed by atoms with van der Waals surface area (Å²) in [7, 11) is 0. The molecule has 30 heavy (non-hydrogen) atoms. The van der Waals surface area contributed by atoms with E-state index in [1.807, 2.05) is 30.3 Å². The van der Waals surface area contributed by atoms with Crippen molar-refractivity contribution in [3.63, 3.8) is 0 Å². The van der Waals surface area contributed by atoms with Crippen LogP contribution in [-0.2, 0) is 16.1 Å². The van der Waals surface area contributed by atoms with Crippen LogP contribution in [0.2, 0.25) is 0 Å². The maximum Gasteiger partial charge on any atom is 0.336 e. The summed E-state index contributed by atoms with van der Waals surface area (Å²) in [5, 5.41) is 13.7. The molecular formula is C25H24O5. The predicted molar refractivity (Wildman–Crippen MR) is 112 cm³/mol. The summed E-state index contributed by atoms with van der Waals surface area (Å²) in [6, 6.07) is 13.0. The highest BCUT2D eigenvalue weighted by atomic mass is 16.5. The van der Waals surface area contributed by atoms with E-state index in [0.717, 1.165) is 48.3 Å². The number of ether oxygens (including phenoxy) is 1. The number of hydrogen-bond acceptors (Lipinski definition) is 5. The maximum absolute atomic E-state index is 13.3. The lowest BCUT2D eigenvalue weighted by atomic mass is 9.48. The van der Waals surface area contributed by atoms with Gasteiger partial charge in [-0.05, 0) is 67.2 Å². The second-order valence-electron chi connectivity index (χ2n) is 9.79. The molecule has 154 valence electrons. The minimum absolute atomic E-state index is 0.0322. The van der Waals surface area contributed by atoms with E-state index in [0.29, 0.717) is 29.4 Å². The minimum Gasteiger partial charge on any atom is -0.460 e. The van der Waals surface area contributed by atoms with Gasteiger partial charge in [0.05, 0.1) is 11.0 Å². The fourth-order valence-electron chi connectivity index (χ4n) is 6.88. The smallest absolute Gasteiger partial charge is 0.336 e. The molecule has 0 amide bonds. The van der Waals surface area contributed by atoms with Crippen LogP contribution in [-0.4, -0.2) is 16.7 Å². The molecule has 0 aliphatic heterocycles. The Labute approximate surface area is 173 Å². The molecule has 4 aliphatic rings. The molecule has 4 fully saturated rings. The van der Waals surface area contributed by atoms with Crippen molar-refractivity contribution in [2.24, 2.45) is 17.3 Å². The SMILES string of the molecule is O=C(OCc1cc(=O)oc2ccc3ccccc3c12)C12C[C@@H]3C[C@@H](CC(O)(C3)C1)C2. The molecule has 0 saturated heterocycles. The molecule has 2 unspecified atom stereocenters. The summed E-state index contributed by atoms with van der Waals surface area (Å²) >= 11 is 0. The van der Waals surface area contributed by atoms with Crippen LogP contribution in [0.5, 0.6) is 0 Å². The van der Waals surface area contributed by atoms with E-state index in [4.69, 9.17) is 9.15 Å². The topological polar surface area (TPSA) is 76.7 Å². The first-order valence-corrected chi connectivity index (χ1v) is 10.8. The van der Waals surface area contributed by atoms with Gasteiger partial charge in [0.15, 0.2) is 0 Å². The van der Waals surface area contributed by atoms with E-state index in [2.05, 4.69) is 0 Å². The summed E-state index contributed by atoms with van der Waals surface area (Å²) in [5.74, 6) is 0.603. The summed E-state index contributed by atoms with van der Waals surface area (Å²) < 4.78 is 11.2. The lowest BCUT2D eigenvalue weighted by Crippen LogP contribution is -2.58. The summed E-state index contributed by atoms with van der Waals surface area (Å²) in [4.78, 5) is 25.4. The number of benzene rings is 2. The van der Waals surface area contributed by atoms with Crippen molar-refractivity contribution in [2.45, 2.75) is 50.7 Å². The zero-order valence-corrected chi connectivity index (χ0v) is 16.7. The number of rotatable bonds is 3. The van der Waals surface area contributed by atoms with Gasteiger partial charge in [0.1, 0.15) is 12.2 Å². The Morgan fingerprint density at radius 2 is 1.87 bits per heavy atom. The molecule has 1 heterocycles. The van der Waals surface area contributed by atoms with E-state index < -0.39 is 16.6 Å². The Balaban J connectivity index is 1.34. The van der Waals surface area contributed by atoms with Gasteiger partial charge in [-0.1, -0.05) is 30.3 Å². The number of aliphatic hydroxyl groups is 1. The molecule has 7 rings (SSSR count). The van der Waals surface area contributed by atoms with Gasteiger partial charge in [0, 0.05) is 17.0 Å². The van der Waals surface area contributed by atoms with Crippen molar-refractivity contribution in [3.8, 4) is 0 Å². The average molecular weight is 404 g/mol. The van der Waals surface area contributed by atoms with E-state index in [1.165, 1.54) is 6.07 Å². The average Bonchev–Trinajstić information content (AvgIpc) is 2.69. The fraction of sp³-hybridized carbons (Fsp3) is 0.440. The number of hydrogen-bond donors (Lipinski definition) is 1.